The predicted molar refractivity (Wildman–Crippen MR) is 95.3 cm³/mol. The van der Waals surface area contributed by atoms with E-state index in [1.54, 1.807) is 6.07 Å². The van der Waals surface area contributed by atoms with Crippen LogP contribution in [0.2, 0.25) is 5.02 Å². The Hall–Kier alpha value is -0.380. The van der Waals surface area contributed by atoms with Gasteiger partial charge in [0.15, 0.2) is 0 Å². The minimum atomic E-state index is -0.296. The van der Waals surface area contributed by atoms with Crippen LogP contribution in [0, 0.1) is 11.2 Å². The molecule has 0 nitrogen and oxygen atoms in total. The molecule has 0 spiro atoms. The maximum Gasteiger partial charge on any atom is 0.124 e. The summed E-state index contributed by atoms with van der Waals surface area (Å²) < 4.78 is 13.2. The van der Waals surface area contributed by atoms with Crippen LogP contribution in [0.25, 0.3) is 0 Å². The molecule has 0 aliphatic rings. The Morgan fingerprint density at radius 3 is 2.19 bits per heavy atom. The number of rotatable bonds is 6. The molecule has 2 aromatic carbocycles. The Labute approximate surface area is 147 Å². The lowest BCUT2D eigenvalue weighted by atomic mass is 9.80. The van der Waals surface area contributed by atoms with Gasteiger partial charge in [-0.05, 0) is 41.5 Å². The first-order valence-electron chi connectivity index (χ1n) is 6.68. The minimum absolute atomic E-state index is 0.00280. The van der Waals surface area contributed by atoms with Gasteiger partial charge in [0.25, 0.3) is 0 Å². The average molecular weight is 435 g/mol. The minimum Gasteiger partial charge on any atom is -0.207 e. The van der Waals surface area contributed by atoms with Crippen molar-refractivity contribution >= 4 is 43.5 Å². The van der Waals surface area contributed by atoms with Crippen molar-refractivity contribution < 1.29 is 4.39 Å². The van der Waals surface area contributed by atoms with Crippen molar-refractivity contribution in [2.75, 3.05) is 10.7 Å². The molecule has 0 saturated heterocycles. The van der Waals surface area contributed by atoms with Crippen LogP contribution in [-0.2, 0) is 12.8 Å². The van der Waals surface area contributed by atoms with Crippen LogP contribution in [0.15, 0.2) is 48.5 Å². The van der Waals surface area contributed by atoms with E-state index in [0.717, 1.165) is 29.1 Å². The SMILES string of the molecule is Fc1ccc(CC(CBr)(CBr)Cc2ccccc2)c(Cl)c1. The zero-order valence-corrected chi connectivity index (χ0v) is 15.4. The Morgan fingerprint density at radius 1 is 0.952 bits per heavy atom. The summed E-state index contributed by atoms with van der Waals surface area (Å²) >= 11 is 13.5. The van der Waals surface area contributed by atoms with Gasteiger partial charge in [-0.2, -0.15) is 0 Å². The van der Waals surface area contributed by atoms with Gasteiger partial charge in [-0.15, -0.1) is 0 Å². The first-order valence-corrected chi connectivity index (χ1v) is 9.30. The molecule has 0 fully saturated rings. The zero-order chi connectivity index (χ0) is 15.3. The van der Waals surface area contributed by atoms with Gasteiger partial charge in [0.2, 0.25) is 0 Å². The van der Waals surface area contributed by atoms with Crippen molar-refractivity contribution in [3.63, 3.8) is 0 Å². The number of hydrogen-bond acceptors (Lipinski definition) is 0. The van der Waals surface area contributed by atoms with Crippen molar-refractivity contribution in [1.82, 2.24) is 0 Å². The molecule has 0 bridgehead atoms. The molecule has 0 unspecified atom stereocenters. The van der Waals surface area contributed by atoms with E-state index in [4.69, 9.17) is 11.6 Å². The smallest absolute Gasteiger partial charge is 0.124 e. The number of alkyl halides is 2. The standard InChI is InChI=1S/C17H16Br2ClF/c18-11-17(12-19,9-13-4-2-1-3-5-13)10-14-6-7-15(21)8-16(14)20/h1-8H,9-12H2. The van der Waals surface area contributed by atoms with Crippen molar-refractivity contribution in [1.29, 1.82) is 0 Å². The Bertz CT molecular complexity index is 583. The lowest BCUT2D eigenvalue weighted by Gasteiger charge is -2.31. The van der Waals surface area contributed by atoms with Crippen molar-refractivity contribution in [3.05, 3.63) is 70.5 Å². The highest BCUT2D eigenvalue weighted by Gasteiger charge is 2.29. The van der Waals surface area contributed by atoms with Gasteiger partial charge < -0.3 is 0 Å². The van der Waals surface area contributed by atoms with E-state index < -0.39 is 0 Å². The first kappa shape index (κ1) is 17.0. The third-order valence-electron chi connectivity index (χ3n) is 3.57. The van der Waals surface area contributed by atoms with Gasteiger partial charge in [0.05, 0.1) is 0 Å². The summed E-state index contributed by atoms with van der Waals surface area (Å²) in [5.41, 5.74) is 2.27. The van der Waals surface area contributed by atoms with Crippen LogP contribution >= 0.6 is 43.5 Å². The second-order valence-corrected chi connectivity index (χ2v) is 6.87. The van der Waals surface area contributed by atoms with Crippen LogP contribution in [0.3, 0.4) is 0 Å². The number of hydrogen-bond donors (Lipinski definition) is 0. The van der Waals surface area contributed by atoms with Gasteiger partial charge >= 0.3 is 0 Å². The highest BCUT2D eigenvalue weighted by Crippen LogP contribution is 2.34. The third kappa shape index (κ3) is 4.54. The molecule has 21 heavy (non-hydrogen) atoms. The molecule has 2 rings (SSSR count). The van der Waals surface area contributed by atoms with Crippen LogP contribution in [0.1, 0.15) is 11.1 Å². The maximum absolute atomic E-state index is 13.2. The van der Waals surface area contributed by atoms with Gasteiger partial charge in [-0.25, -0.2) is 4.39 Å². The van der Waals surface area contributed by atoms with E-state index in [1.807, 2.05) is 18.2 Å². The van der Waals surface area contributed by atoms with Gasteiger partial charge in [-0.3, -0.25) is 0 Å². The van der Waals surface area contributed by atoms with Gasteiger partial charge in [-0.1, -0.05) is 79.9 Å². The summed E-state index contributed by atoms with van der Waals surface area (Å²) in [6.45, 7) is 0. The van der Waals surface area contributed by atoms with E-state index in [-0.39, 0.29) is 11.2 Å². The van der Waals surface area contributed by atoms with Crippen LogP contribution in [0.5, 0.6) is 0 Å². The Morgan fingerprint density at radius 2 is 1.62 bits per heavy atom. The fourth-order valence-corrected chi connectivity index (χ4v) is 4.34. The highest BCUT2D eigenvalue weighted by atomic mass is 79.9. The highest BCUT2D eigenvalue weighted by molar-refractivity contribution is 9.09. The molecule has 0 aliphatic heterocycles. The van der Waals surface area contributed by atoms with Crippen molar-refractivity contribution in [3.8, 4) is 0 Å². The second-order valence-electron chi connectivity index (χ2n) is 5.34. The Balaban J connectivity index is 2.25. The topological polar surface area (TPSA) is 0 Å². The average Bonchev–Trinajstić information content (AvgIpc) is 2.50. The molecular formula is C17H16Br2ClF. The molecule has 0 atom stereocenters. The van der Waals surface area contributed by atoms with Crippen molar-refractivity contribution in [2.24, 2.45) is 5.41 Å². The largest absolute Gasteiger partial charge is 0.207 e. The van der Waals surface area contributed by atoms with E-state index in [0.29, 0.717) is 5.02 Å². The molecule has 0 N–H and O–H groups in total. The quantitative estimate of drug-likeness (QED) is 0.486. The summed E-state index contributed by atoms with van der Waals surface area (Å²) in [6.07, 6.45) is 1.72. The van der Waals surface area contributed by atoms with E-state index in [1.165, 1.54) is 17.7 Å². The van der Waals surface area contributed by atoms with Crippen LogP contribution in [0.4, 0.5) is 4.39 Å². The molecular weight excluding hydrogens is 418 g/mol. The summed E-state index contributed by atoms with van der Waals surface area (Å²) in [6, 6.07) is 15.0. The molecule has 112 valence electrons. The molecule has 0 aromatic heterocycles. The fourth-order valence-electron chi connectivity index (χ4n) is 2.39. The second kappa shape index (κ2) is 7.75. The lowest BCUT2D eigenvalue weighted by Crippen LogP contribution is -2.30. The van der Waals surface area contributed by atoms with Crippen LogP contribution < -0.4 is 0 Å². The monoisotopic (exact) mass is 432 g/mol. The summed E-state index contributed by atoms with van der Waals surface area (Å²) in [4.78, 5) is 0. The molecule has 0 aliphatic carbocycles. The molecule has 0 heterocycles. The third-order valence-corrected chi connectivity index (χ3v) is 6.30. The fraction of sp³-hybridized carbons (Fsp3) is 0.294. The summed E-state index contributed by atoms with van der Waals surface area (Å²) in [7, 11) is 0. The van der Waals surface area contributed by atoms with Crippen molar-refractivity contribution in [2.45, 2.75) is 12.8 Å². The van der Waals surface area contributed by atoms with E-state index in [2.05, 4.69) is 44.0 Å². The predicted octanol–water partition coefficient (Wildman–Crippen LogP) is 6.04. The zero-order valence-electron chi connectivity index (χ0n) is 11.5. The molecule has 4 heteroatoms. The maximum atomic E-state index is 13.2. The summed E-state index contributed by atoms with van der Waals surface area (Å²) in [5.74, 6) is -0.296. The number of halogens is 4. The number of benzene rings is 2. The summed E-state index contributed by atoms with van der Waals surface area (Å²) in [5, 5.41) is 2.18. The van der Waals surface area contributed by atoms with Gasteiger partial charge in [0.1, 0.15) is 5.82 Å². The van der Waals surface area contributed by atoms with Crippen LogP contribution in [-0.4, -0.2) is 10.7 Å². The van der Waals surface area contributed by atoms with E-state index in [9.17, 15) is 4.39 Å². The molecule has 0 amide bonds. The van der Waals surface area contributed by atoms with E-state index >= 15 is 0 Å². The molecule has 2 aromatic rings. The lowest BCUT2D eigenvalue weighted by molar-refractivity contribution is 0.386. The van der Waals surface area contributed by atoms with Gasteiger partial charge in [0, 0.05) is 15.7 Å². The normalized spacial score (nSPS) is 11.6. The first-order chi connectivity index (χ1) is 10.1. The Kier molecular flexibility index (Phi) is 6.27. The molecule has 0 saturated carbocycles. The molecule has 0 radical (unpaired) electrons.